The highest BCUT2D eigenvalue weighted by molar-refractivity contribution is 7.89. The lowest BCUT2D eigenvalue weighted by molar-refractivity contribution is -0.133. The molecule has 172 valence electrons. The van der Waals surface area contributed by atoms with E-state index in [0.717, 1.165) is 5.56 Å². The molecule has 0 spiro atoms. The first-order chi connectivity index (χ1) is 15.9. The zero-order valence-electron chi connectivity index (χ0n) is 18.1. The number of para-hydroxylation sites is 1. The summed E-state index contributed by atoms with van der Waals surface area (Å²) in [4.78, 5) is 17.1. The summed E-state index contributed by atoms with van der Waals surface area (Å²) < 4.78 is 42.7. The fourth-order valence-corrected chi connectivity index (χ4v) is 5.19. The van der Waals surface area contributed by atoms with Gasteiger partial charge in [0.15, 0.2) is 0 Å². The first-order valence-corrected chi connectivity index (χ1v) is 12.3. The number of anilines is 1. The highest BCUT2D eigenvalue weighted by Gasteiger charge is 2.31. The number of piperazine rings is 1. The Hall–Kier alpha value is -3.23. The summed E-state index contributed by atoms with van der Waals surface area (Å²) >= 11 is 0. The van der Waals surface area contributed by atoms with Crippen molar-refractivity contribution in [1.82, 2.24) is 9.62 Å². The van der Waals surface area contributed by atoms with Crippen LogP contribution in [0.15, 0.2) is 89.8 Å². The second kappa shape index (κ2) is 10.1. The Morgan fingerprint density at radius 2 is 1.42 bits per heavy atom. The first kappa shape index (κ1) is 22.9. The van der Waals surface area contributed by atoms with E-state index >= 15 is 0 Å². The summed E-state index contributed by atoms with van der Waals surface area (Å²) in [5.74, 6) is -0.582. The number of rotatable bonds is 7. The molecule has 0 unspecified atom stereocenters. The number of carbonyl (C=O) groups is 1. The van der Waals surface area contributed by atoms with E-state index < -0.39 is 16.1 Å². The van der Waals surface area contributed by atoms with Crippen LogP contribution in [0.1, 0.15) is 5.56 Å². The Morgan fingerprint density at radius 1 is 0.848 bits per heavy atom. The normalized spacial score (nSPS) is 15.3. The second-order valence-electron chi connectivity index (χ2n) is 7.94. The molecule has 4 rings (SSSR count). The van der Waals surface area contributed by atoms with Gasteiger partial charge in [-0.05, 0) is 36.2 Å². The van der Waals surface area contributed by atoms with Crippen LogP contribution < -0.4 is 9.62 Å². The molecule has 3 aromatic carbocycles. The number of amides is 1. The predicted molar refractivity (Wildman–Crippen MR) is 126 cm³/mol. The van der Waals surface area contributed by atoms with Gasteiger partial charge in [-0.3, -0.25) is 4.79 Å². The maximum Gasteiger partial charge on any atom is 0.241 e. The summed E-state index contributed by atoms with van der Waals surface area (Å²) in [6.45, 7) is 1.70. The molecular formula is C25H26FN3O3S. The molecule has 1 aliphatic rings. The number of nitrogens with one attached hydrogen (secondary N) is 1. The van der Waals surface area contributed by atoms with Gasteiger partial charge < -0.3 is 9.80 Å². The molecule has 3 aromatic rings. The molecule has 1 aliphatic heterocycles. The van der Waals surface area contributed by atoms with Crippen molar-refractivity contribution in [3.05, 3.63) is 96.3 Å². The van der Waals surface area contributed by atoms with Gasteiger partial charge >= 0.3 is 0 Å². The van der Waals surface area contributed by atoms with Gasteiger partial charge in [0.1, 0.15) is 11.9 Å². The summed E-state index contributed by atoms with van der Waals surface area (Å²) in [5, 5.41) is 0. The van der Waals surface area contributed by atoms with E-state index in [0.29, 0.717) is 31.9 Å². The van der Waals surface area contributed by atoms with Crippen molar-refractivity contribution in [2.45, 2.75) is 17.4 Å². The Labute approximate surface area is 193 Å². The average molecular weight is 468 g/mol. The maximum atomic E-state index is 14.1. The lowest BCUT2D eigenvalue weighted by atomic mass is 10.1. The van der Waals surface area contributed by atoms with Gasteiger partial charge in [-0.15, -0.1) is 0 Å². The monoisotopic (exact) mass is 467 g/mol. The standard InChI is InChI=1S/C25H26FN3O3S/c26-22-13-7-8-14-24(22)28-15-17-29(18-16-28)25(30)23(19-20-9-3-1-4-10-20)27-33(31,32)21-11-5-2-6-12-21/h1-14,23,27H,15-19H2/t23-/m1/s1. The van der Waals surface area contributed by atoms with E-state index in [1.165, 1.54) is 18.2 Å². The fraction of sp³-hybridized carbons (Fsp3) is 0.240. The summed E-state index contributed by atoms with van der Waals surface area (Å²) in [6, 6.07) is 23.0. The Bertz CT molecular complexity index is 1180. The van der Waals surface area contributed by atoms with E-state index in [2.05, 4.69) is 4.72 Å². The van der Waals surface area contributed by atoms with Crippen LogP contribution >= 0.6 is 0 Å². The molecule has 6 nitrogen and oxygen atoms in total. The molecule has 8 heteroatoms. The zero-order valence-corrected chi connectivity index (χ0v) is 18.9. The van der Waals surface area contributed by atoms with Crippen LogP contribution in [0, 0.1) is 5.82 Å². The minimum absolute atomic E-state index is 0.111. The Kier molecular flexibility index (Phi) is 7.05. The molecule has 1 heterocycles. The zero-order chi connectivity index (χ0) is 23.3. The van der Waals surface area contributed by atoms with Crippen molar-refractivity contribution < 1.29 is 17.6 Å². The van der Waals surface area contributed by atoms with Crippen molar-refractivity contribution in [2.75, 3.05) is 31.1 Å². The van der Waals surface area contributed by atoms with Gasteiger partial charge in [-0.25, -0.2) is 12.8 Å². The molecule has 0 aromatic heterocycles. The van der Waals surface area contributed by atoms with Gasteiger partial charge in [0.2, 0.25) is 15.9 Å². The first-order valence-electron chi connectivity index (χ1n) is 10.8. The van der Waals surface area contributed by atoms with Crippen molar-refractivity contribution in [1.29, 1.82) is 0 Å². The van der Waals surface area contributed by atoms with Gasteiger partial charge in [0.05, 0.1) is 10.6 Å². The number of sulfonamides is 1. The Balaban J connectivity index is 1.50. The molecule has 1 saturated heterocycles. The third-order valence-corrected chi connectivity index (χ3v) is 7.20. The van der Waals surface area contributed by atoms with E-state index in [4.69, 9.17) is 0 Å². The largest absolute Gasteiger partial charge is 0.366 e. The fourth-order valence-electron chi connectivity index (χ4n) is 3.98. The van der Waals surface area contributed by atoms with E-state index in [1.54, 1.807) is 41.3 Å². The van der Waals surface area contributed by atoms with Crippen molar-refractivity contribution in [3.63, 3.8) is 0 Å². The quantitative estimate of drug-likeness (QED) is 0.580. The number of benzene rings is 3. The molecule has 0 saturated carbocycles. The van der Waals surface area contributed by atoms with Crippen molar-refractivity contribution in [2.24, 2.45) is 0 Å². The predicted octanol–water partition coefficient (Wildman–Crippen LogP) is 3.06. The summed E-state index contributed by atoms with van der Waals surface area (Å²) in [7, 11) is -3.88. The van der Waals surface area contributed by atoms with Gasteiger partial charge in [0.25, 0.3) is 0 Å². The van der Waals surface area contributed by atoms with Crippen LogP contribution in [0.3, 0.4) is 0 Å². The molecule has 0 radical (unpaired) electrons. The third-order valence-electron chi connectivity index (χ3n) is 5.72. The third kappa shape index (κ3) is 5.58. The summed E-state index contributed by atoms with van der Waals surface area (Å²) in [5.41, 5.74) is 1.37. The van der Waals surface area contributed by atoms with E-state index in [9.17, 15) is 17.6 Å². The lowest BCUT2D eigenvalue weighted by Gasteiger charge is -2.37. The minimum atomic E-state index is -3.88. The van der Waals surface area contributed by atoms with E-state index in [-0.39, 0.29) is 23.0 Å². The van der Waals surface area contributed by atoms with Crippen LogP contribution in [-0.4, -0.2) is 51.4 Å². The van der Waals surface area contributed by atoms with Crippen LogP contribution in [0.5, 0.6) is 0 Å². The molecule has 1 N–H and O–H groups in total. The lowest BCUT2D eigenvalue weighted by Crippen LogP contribution is -2.55. The maximum absolute atomic E-state index is 14.1. The molecule has 0 bridgehead atoms. The SMILES string of the molecule is O=C([C@@H](Cc1ccccc1)NS(=O)(=O)c1ccccc1)N1CCN(c2ccccc2F)CC1. The summed E-state index contributed by atoms with van der Waals surface area (Å²) in [6.07, 6.45) is 0.235. The minimum Gasteiger partial charge on any atom is -0.366 e. The molecule has 0 aliphatic carbocycles. The van der Waals surface area contributed by atoms with Gasteiger partial charge in [-0.2, -0.15) is 4.72 Å². The van der Waals surface area contributed by atoms with Crippen LogP contribution in [-0.2, 0) is 21.2 Å². The highest BCUT2D eigenvalue weighted by Crippen LogP contribution is 2.21. The second-order valence-corrected chi connectivity index (χ2v) is 9.65. The highest BCUT2D eigenvalue weighted by atomic mass is 32.2. The number of hydrogen-bond acceptors (Lipinski definition) is 4. The Morgan fingerprint density at radius 3 is 2.06 bits per heavy atom. The molecule has 1 atom stereocenters. The molecule has 33 heavy (non-hydrogen) atoms. The van der Waals surface area contributed by atoms with Gasteiger partial charge in [-0.1, -0.05) is 60.7 Å². The number of carbonyl (C=O) groups excluding carboxylic acids is 1. The van der Waals surface area contributed by atoms with Crippen LogP contribution in [0.2, 0.25) is 0 Å². The van der Waals surface area contributed by atoms with Crippen molar-refractivity contribution in [3.8, 4) is 0 Å². The molecular weight excluding hydrogens is 441 g/mol. The average Bonchev–Trinajstić information content (AvgIpc) is 2.85. The van der Waals surface area contributed by atoms with Gasteiger partial charge in [0, 0.05) is 26.2 Å². The van der Waals surface area contributed by atoms with Crippen LogP contribution in [0.4, 0.5) is 10.1 Å². The topological polar surface area (TPSA) is 69.7 Å². The van der Waals surface area contributed by atoms with Crippen LogP contribution in [0.25, 0.3) is 0 Å². The number of halogens is 1. The van der Waals surface area contributed by atoms with Crippen molar-refractivity contribution >= 4 is 21.6 Å². The smallest absolute Gasteiger partial charge is 0.241 e. The number of nitrogens with zero attached hydrogens (tertiary/aromatic N) is 2. The molecule has 1 fully saturated rings. The van der Waals surface area contributed by atoms with E-state index in [1.807, 2.05) is 35.2 Å². The number of hydrogen-bond donors (Lipinski definition) is 1. The molecule has 1 amide bonds.